The van der Waals surface area contributed by atoms with Crippen LogP contribution in [-0.2, 0) is 4.79 Å². The average molecular weight is 344 g/mol. The summed E-state index contributed by atoms with van der Waals surface area (Å²) in [5.74, 6) is -0.630. The zero-order chi connectivity index (χ0) is 16.7. The van der Waals surface area contributed by atoms with Crippen molar-refractivity contribution in [1.82, 2.24) is 31.7 Å². The van der Waals surface area contributed by atoms with Crippen molar-refractivity contribution in [3.8, 4) is 0 Å². The molecule has 9 heteroatoms. The molecule has 7 atom stereocenters. The van der Waals surface area contributed by atoms with Crippen LogP contribution in [0.2, 0.25) is 0 Å². The number of nitrogens with one attached hydrogen (secondary N) is 5. The molecular weight excluding hydrogens is 318 g/mol. The van der Waals surface area contributed by atoms with E-state index in [1.165, 1.54) is 0 Å². The number of hydrogen-bond donors (Lipinski definition) is 5. The average Bonchev–Trinajstić information content (AvgIpc) is 3.11. The quantitative estimate of drug-likeness (QED) is 0.439. The van der Waals surface area contributed by atoms with Gasteiger partial charge in [0.2, 0.25) is 5.91 Å². The van der Waals surface area contributed by atoms with Crippen molar-refractivity contribution >= 4 is 5.91 Å². The summed E-state index contributed by atoms with van der Waals surface area (Å²) >= 11 is 0. The molecule has 0 aromatic rings. The number of alkyl halides is 2. The molecule has 5 N–H and O–H groups in total. The van der Waals surface area contributed by atoms with Gasteiger partial charge in [-0.05, 0) is 25.7 Å². The Hall–Kier alpha value is -0.870. The van der Waals surface area contributed by atoms with Gasteiger partial charge in [0.1, 0.15) is 12.3 Å². The molecule has 24 heavy (non-hydrogen) atoms. The Morgan fingerprint density at radius 3 is 2.58 bits per heavy atom. The lowest BCUT2D eigenvalue weighted by molar-refractivity contribution is -0.133. The van der Waals surface area contributed by atoms with Crippen LogP contribution in [0.4, 0.5) is 8.78 Å². The zero-order valence-corrected chi connectivity index (χ0v) is 13.6. The third-order valence-electron chi connectivity index (χ3n) is 5.78. The lowest BCUT2D eigenvalue weighted by Crippen LogP contribution is -2.72. The number of carbonyl (C=O) groups is 1. The summed E-state index contributed by atoms with van der Waals surface area (Å²) in [6, 6.07) is -0.254. The zero-order valence-electron chi connectivity index (χ0n) is 13.6. The van der Waals surface area contributed by atoms with E-state index in [0.717, 1.165) is 32.6 Å². The van der Waals surface area contributed by atoms with Crippen molar-refractivity contribution in [3.05, 3.63) is 0 Å². The van der Waals surface area contributed by atoms with E-state index in [-0.39, 0.29) is 43.2 Å². The first kappa shape index (κ1) is 16.6. The minimum atomic E-state index is -1.53. The summed E-state index contributed by atoms with van der Waals surface area (Å²) < 4.78 is 27.2. The number of halogens is 2. The van der Waals surface area contributed by atoms with E-state index in [1.807, 2.05) is 0 Å². The molecule has 3 saturated heterocycles. The Labute approximate surface area is 140 Å². The van der Waals surface area contributed by atoms with Crippen molar-refractivity contribution < 1.29 is 13.6 Å². The fourth-order valence-electron chi connectivity index (χ4n) is 4.33. The van der Waals surface area contributed by atoms with Gasteiger partial charge in [0.25, 0.3) is 0 Å². The summed E-state index contributed by atoms with van der Waals surface area (Å²) in [4.78, 5) is 14.6. The molecule has 3 heterocycles. The van der Waals surface area contributed by atoms with E-state index in [2.05, 4.69) is 31.7 Å². The minimum absolute atomic E-state index is 0.0300. The SMILES string of the molecule is O=C1NC(C2CCC(N3CCNC3)NN2)NC2CC(F)C(F)CC12. The second-order valence-corrected chi connectivity index (χ2v) is 7.33. The molecule has 0 spiro atoms. The van der Waals surface area contributed by atoms with Gasteiger partial charge >= 0.3 is 0 Å². The highest BCUT2D eigenvalue weighted by Crippen LogP contribution is 2.32. The van der Waals surface area contributed by atoms with Gasteiger partial charge in [0.05, 0.1) is 24.3 Å². The number of fused-ring (bicyclic) bond motifs is 1. The fourth-order valence-corrected chi connectivity index (χ4v) is 4.33. The lowest BCUT2D eigenvalue weighted by Gasteiger charge is -2.46. The summed E-state index contributed by atoms with van der Waals surface area (Å²) in [6.07, 6.45) is -1.08. The van der Waals surface area contributed by atoms with Crippen molar-refractivity contribution in [1.29, 1.82) is 0 Å². The molecule has 0 aromatic carbocycles. The maximum absolute atomic E-state index is 13.7. The molecule has 0 radical (unpaired) electrons. The van der Waals surface area contributed by atoms with Gasteiger partial charge in [-0.2, -0.15) is 0 Å². The molecule has 0 aromatic heterocycles. The third-order valence-corrected chi connectivity index (χ3v) is 5.78. The first-order valence-electron chi connectivity index (χ1n) is 8.92. The predicted octanol–water partition coefficient (Wildman–Crippen LogP) is -1.07. The molecule has 0 bridgehead atoms. The maximum atomic E-state index is 13.7. The number of rotatable bonds is 2. The second kappa shape index (κ2) is 6.80. The largest absolute Gasteiger partial charge is 0.339 e. The monoisotopic (exact) mass is 344 g/mol. The van der Waals surface area contributed by atoms with Crippen LogP contribution in [0, 0.1) is 5.92 Å². The topological polar surface area (TPSA) is 80.5 Å². The van der Waals surface area contributed by atoms with Gasteiger partial charge < -0.3 is 10.6 Å². The van der Waals surface area contributed by atoms with Crippen LogP contribution in [0.3, 0.4) is 0 Å². The standard InChI is InChI=1S/C15H26F2N6O/c16-9-5-8-12(6-10(9)17)19-14(20-15(8)24)11-1-2-13(22-21-11)23-4-3-18-7-23/h8-14,18-19,21-22H,1-7H2,(H,20,24). The van der Waals surface area contributed by atoms with Gasteiger partial charge in [-0.15, -0.1) is 0 Å². The maximum Gasteiger partial charge on any atom is 0.226 e. The van der Waals surface area contributed by atoms with Crippen LogP contribution in [0.15, 0.2) is 0 Å². The number of hydrogen-bond acceptors (Lipinski definition) is 6. The van der Waals surface area contributed by atoms with Crippen molar-refractivity contribution in [2.45, 2.75) is 62.4 Å². The summed E-state index contributed by atoms with van der Waals surface area (Å²) in [5.41, 5.74) is 6.61. The highest BCUT2D eigenvalue weighted by molar-refractivity contribution is 5.81. The third kappa shape index (κ3) is 3.15. The number of nitrogens with zero attached hydrogens (tertiary/aromatic N) is 1. The van der Waals surface area contributed by atoms with Crippen molar-refractivity contribution in [2.75, 3.05) is 19.8 Å². The van der Waals surface area contributed by atoms with Gasteiger partial charge in [-0.25, -0.2) is 19.6 Å². The van der Waals surface area contributed by atoms with E-state index in [4.69, 9.17) is 0 Å². The minimum Gasteiger partial charge on any atom is -0.339 e. The van der Waals surface area contributed by atoms with Crippen LogP contribution in [-0.4, -0.2) is 67.3 Å². The number of amides is 1. The van der Waals surface area contributed by atoms with E-state index in [0.29, 0.717) is 0 Å². The normalized spacial score (nSPS) is 47.2. The van der Waals surface area contributed by atoms with E-state index >= 15 is 0 Å². The van der Waals surface area contributed by atoms with Crippen LogP contribution >= 0.6 is 0 Å². The molecule has 136 valence electrons. The van der Waals surface area contributed by atoms with Gasteiger partial charge in [0.15, 0.2) is 0 Å². The smallest absolute Gasteiger partial charge is 0.226 e. The summed E-state index contributed by atoms with van der Waals surface area (Å²) in [7, 11) is 0. The predicted molar refractivity (Wildman–Crippen MR) is 84.0 cm³/mol. The first-order valence-corrected chi connectivity index (χ1v) is 8.92. The molecule has 4 fully saturated rings. The van der Waals surface area contributed by atoms with E-state index in [1.54, 1.807) is 0 Å². The van der Waals surface area contributed by atoms with Gasteiger partial charge in [-0.3, -0.25) is 15.0 Å². The highest BCUT2D eigenvalue weighted by Gasteiger charge is 2.46. The molecule has 7 nitrogen and oxygen atoms in total. The van der Waals surface area contributed by atoms with Crippen molar-refractivity contribution in [2.24, 2.45) is 5.92 Å². The van der Waals surface area contributed by atoms with Crippen LogP contribution in [0.5, 0.6) is 0 Å². The van der Waals surface area contributed by atoms with Gasteiger partial charge in [-0.1, -0.05) is 0 Å². The molecule has 7 unspecified atom stereocenters. The van der Waals surface area contributed by atoms with Crippen molar-refractivity contribution in [3.63, 3.8) is 0 Å². The molecule has 3 aliphatic heterocycles. The number of hydrazine groups is 1. The Kier molecular flexibility index (Phi) is 4.70. The summed E-state index contributed by atoms with van der Waals surface area (Å²) in [5, 5.41) is 9.57. The Morgan fingerprint density at radius 1 is 1.04 bits per heavy atom. The molecule has 4 rings (SSSR count). The van der Waals surface area contributed by atoms with Crippen LogP contribution in [0.1, 0.15) is 25.7 Å². The Balaban J connectivity index is 1.33. The molecule has 1 amide bonds. The van der Waals surface area contributed by atoms with Crippen LogP contribution in [0.25, 0.3) is 0 Å². The van der Waals surface area contributed by atoms with Gasteiger partial charge in [0, 0.05) is 25.8 Å². The highest BCUT2D eigenvalue weighted by atomic mass is 19.2. The first-order chi connectivity index (χ1) is 11.6. The number of carbonyl (C=O) groups excluding carboxylic acids is 1. The molecule has 1 saturated carbocycles. The van der Waals surface area contributed by atoms with Crippen LogP contribution < -0.4 is 26.8 Å². The Bertz CT molecular complexity index is 469. The second-order valence-electron chi connectivity index (χ2n) is 7.33. The van der Waals surface area contributed by atoms with E-state index in [9.17, 15) is 13.6 Å². The lowest BCUT2D eigenvalue weighted by atomic mass is 9.79. The van der Waals surface area contributed by atoms with E-state index < -0.39 is 18.3 Å². The fraction of sp³-hybridized carbons (Fsp3) is 0.933. The Morgan fingerprint density at radius 2 is 1.88 bits per heavy atom. The molecular formula is C15H26F2N6O. The summed E-state index contributed by atoms with van der Waals surface area (Å²) in [6.45, 7) is 2.91. The molecule has 4 aliphatic rings. The molecule has 1 aliphatic carbocycles.